The van der Waals surface area contributed by atoms with Gasteiger partial charge < -0.3 is 5.11 Å². The molecule has 0 bridgehead atoms. The third kappa shape index (κ3) is 4.60. The summed E-state index contributed by atoms with van der Waals surface area (Å²) in [5, 5.41) is 8.49. The number of benzene rings is 1. The second kappa shape index (κ2) is 6.97. The van der Waals surface area contributed by atoms with Crippen LogP contribution in [0.5, 0.6) is 0 Å². The first-order valence-corrected chi connectivity index (χ1v) is 7.31. The fraction of sp³-hybridized carbons (Fsp3) is 0.231. The van der Waals surface area contributed by atoms with E-state index in [1.165, 1.54) is 30.3 Å². The molecule has 0 aliphatic heterocycles. The minimum absolute atomic E-state index is 0.0362. The normalized spacial score (nSPS) is 11.0. The van der Waals surface area contributed by atoms with E-state index in [0.29, 0.717) is 0 Å². The van der Waals surface area contributed by atoms with Gasteiger partial charge in [-0.15, -0.1) is 6.58 Å². The Morgan fingerprint density at radius 3 is 2.30 bits per heavy atom. The molecule has 1 rings (SSSR count). The van der Waals surface area contributed by atoms with Crippen LogP contribution in [-0.4, -0.2) is 31.8 Å². The van der Waals surface area contributed by atoms with Crippen LogP contribution in [0.25, 0.3) is 0 Å². The Kier molecular flexibility index (Phi) is 5.60. The maximum atomic E-state index is 11.8. The molecule has 1 aromatic rings. The molecule has 1 aromatic carbocycles. The zero-order valence-electron chi connectivity index (χ0n) is 10.7. The second-order valence-electron chi connectivity index (χ2n) is 3.98. The van der Waals surface area contributed by atoms with Gasteiger partial charge in [0.2, 0.25) is 10.0 Å². The van der Waals surface area contributed by atoms with Gasteiger partial charge in [0.1, 0.15) is 0 Å². The van der Waals surface area contributed by atoms with E-state index < -0.39 is 16.0 Å². The van der Waals surface area contributed by atoms with Crippen LogP contribution in [-0.2, 0) is 14.8 Å². The summed E-state index contributed by atoms with van der Waals surface area (Å²) in [5.74, 6) is -1.39. The summed E-state index contributed by atoms with van der Waals surface area (Å²) in [7, 11) is -3.62. The van der Waals surface area contributed by atoms with Gasteiger partial charge in [0.05, 0.1) is 11.3 Å². The Morgan fingerprint density at radius 2 is 1.80 bits per heavy atom. The topological polar surface area (TPSA) is 101 Å². The van der Waals surface area contributed by atoms with Crippen LogP contribution in [0.2, 0.25) is 0 Å². The number of rotatable bonds is 8. The highest BCUT2D eigenvalue weighted by Gasteiger charge is 2.14. The molecule has 0 unspecified atom stereocenters. The van der Waals surface area contributed by atoms with Gasteiger partial charge in [-0.3, -0.25) is 9.59 Å². The minimum atomic E-state index is -3.62. The summed E-state index contributed by atoms with van der Waals surface area (Å²) >= 11 is 0. The van der Waals surface area contributed by atoms with Crippen LogP contribution in [0, 0.1) is 0 Å². The molecule has 0 saturated carbocycles. The molecule has 6 nitrogen and oxygen atoms in total. The number of carbonyl (C=O) groups excluding carboxylic acids is 1. The molecule has 0 aliphatic rings. The standard InChI is InChI=1S/C13H15NO5S/c1-2-9-14-20(18,19)11-5-3-10(4-6-11)12(15)7-8-13(16)17/h2-6,14H,1,7-9H2,(H,16,17). The van der Waals surface area contributed by atoms with Gasteiger partial charge in [0.25, 0.3) is 0 Å². The van der Waals surface area contributed by atoms with Crippen molar-refractivity contribution in [3.63, 3.8) is 0 Å². The lowest BCUT2D eigenvalue weighted by Crippen LogP contribution is -2.23. The molecule has 0 radical (unpaired) electrons. The molecular weight excluding hydrogens is 282 g/mol. The number of hydrogen-bond acceptors (Lipinski definition) is 4. The zero-order chi connectivity index (χ0) is 15.2. The Labute approximate surface area is 117 Å². The van der Waals surface area contributed by atoms with E-state index >= 15 is 0 Å². The van der Waals surface area contributed by atoms with Crippen LogP contribution in [0.15, 0.2) is 41.8 Å². The first-order valence-electron chi connectivity index (χ1n) is 5.82. The van der Waals surface area contributed by atoms with Crippen molar-refractivity contribution in [1.29, 1.82) is 0 Å². The predicted octanol–water partition coefficient (Wildman–Crippen LogP) is 1.20. The van der Waals surface area contributed by atoms with E-state index in [1.807, 2.05) is 0 Å². The number of aliphatic carboxylic acids is 1. The molecule has 0 heterocycles. The summed E-state index contributed by atoms with van der Waals surface area (Å²) in [4.78, 5) is 22.0. The Balaban J connectivity index is 2.80. The zero-order valence-corrected chi connectivity index (χ0v) is 11.5. The smallest absolute Gasteiger partial charge is 0.303 e. The van der Waals surface area contributed by atoms with E-state index in [9.17, 15) is 18.0 Å². The third-order valence-electron chi connectivity index (χ3n) is 2.47. The Hall–Kier alpha value is -1.99. The molecular formula is C13H15NO5S. The van der Waals surface area contributed by atoms with Crippen molar-refractivity contribution >= 4 is 21.8 Å². The molecule has 0 spiro atoms. The Morgan fingerprint density at radius 1 is 1.20 bits per heavy atom. The van der Waals surface area contributed by atoms with Crippen molar-refractivity contribution in [2.45, 2.75) is 17.7 Å². The van der Waals surface area contributed by atoms with Crippen molar-refractivity contribution in [2.75, 3.05) is 6.54 Å². The van der Waals surface area contributed by atoms with E-state index in [4.69, 9.17) is 5.11 Å². The summed E-state index contributed by atoms with van der Waals surface area (Å²) in [5.41, 5.74) is 0.286. The molecule has 0 aliphatic carbocycles. The van der Waals surface area contributed by atoms with Gasteiger partial charge in [-0.1, -0.05) is 18.2 Å². The summed E-state index contributed by atoms with van der Waals surface area (Å²) < 4.78 is 25.8. The molecule has 0 aromatic heterocycles. The van der Waals surface area contributed by atoms with Crippen molar-refractivity contribution in [3.8, 4) is 0 Å². The fourth-order valence-corrected chi connectivity index (χ4v) is 2.44. The van der Waals surface area contributed by atoms with Crippen LogP contribution in [0.4, 0.5) is 0 Å². The SMILES string of the molecule is C=CCNS(=O)(=O)c1ccc(C(=O)CCC(=O)O)cc1. The largest absolute Gasteiger partial charge is 0.481 e. The molecule has 0 atom stereocenters. The highest BCUT2D eigenvalue weighted by molar-refractivity contribution is 7.89. The van der Waals surface area contributed by atoms with Crippen LogP contribution < -0.4 is 4.72 Å². The predicted molar refractivity (Wildman–Crippen MR) is 73.0 cm³/mol. The maximum absolute atomic E-state index is 11.8. The van der Waals surface area contributed by atoms with Crippen LogP contribution >= 0.6 is 0 Å². The number of carbonyl (C=O) groups is 2. The lowest BCUT2D eigenvalue weighted by Gasteiger charge is -2.05. The number of carboxylic acids is 1. The lowest BCUT2D eigenvalue weighted by atomic mass is 10.1. The summed E-state index contributed by atoms with van der Waals surface area (Å²) in [6.07, 6.45) is 1.05. The van der Waals surface area contributed by atoms with Gasteiger partial charge in [-0.2, -0.15) is 0 Å². The van der Waals surface area contributed by atoms with Crippen molar-refractivity contribution < 1.29 is 23.1 Å². The van der Waals surface area contributed by atoms with Crippen molar-refractivity contribution in [1.82, 2.24) is 4.72 Å². The number of ketones is 1. The molecule has 108 valence electrons. The molecule has 7 heteroatoms. The van der Waals surface area contributed by atoms with Crippen LogP contribution in [0.1, 0.15) is 23.2 Å². The van der Waals surface area contributed by atoms with Crippen molar-refractivity contribution in [3.05, 3.63) is 42.5 Å². The average molecular weight is 297 g/mol. The van der Waals surface area contributed by atoms with E-state index in [1.54, 1.807) is 0 Å². The average Bonchev–Trinajstić information content (AvgIpc) is 2.42. The monoisotopic (exact) mass is 297 g/mol. The fourth-order valence-electron chi connectivity index (χ4n) is 1.44. The minimum Gasteiger partial charge on any atom is -0.481 e. The molecule has 0 fully saturated rings. The molecule has 0 saturated heterocycles. The molecule has 2 N–H and O–H groups in total. The van der Waals surface area contributed by atoms with E-state index in [2.05, 4.69) is 11.3 Å². The molecule has 0 amide bonds. The molecule has 20 heavy (non-hydrogen) atoms. The third-order valence-corrected chi connectivity index (χ3v) is 3.91. The second-order valence-corrected chi connectivity index (χ2v) is 5.75. The highest BCUT2D eigenvalue weighted by Crippen LogP contribution is 2.12. The number of hydrogen-bond donors (Lipinski definition) is 2. The maximum Gasteiger partial charge on any atom is 0.303 e. The van der Waals surface area contributed by atoms with Crippen LogP contribution in [0.3, 0.4) is 0 Å². The summed E-state index contributed by atoms with van der Waals surface area (Å²) in [6, 6.07) is 5.35. The quantitative estimate of drug-likeness (QED) is 0.554. The highest BCUT2D eigenvalue weighted by atomic mass is 32.2. The number of sulfonamides is 1. The Bertz CT molecular complexity index is 604. The van der Waals surface area contributed by atoms with E-state index in [0.717, 1.165) is 0 Å². The van der Waals surface area contributed by atoms with E-state index in [-0.39, 0.29) is 35.6 Å². The van der Waals surface area contributed by atoms with Gasteiger partial charge in [-0.25, -0.2) is 13.1 Å². The number of Topliss-reactive ketones (excluding diaryl/α,β-unsaturated/α-hetero) is 1. The van der Waals surface area contributed by atoms with Crippen molar-refractivity contribution in [2.24, 2.45) is 0 Å². The summed E-state index contributed by atoms with van der Waals surface area (Å²) in [6.45, 7) is 3.52. The number of carboxylic acid groups (broad SMARTS) is 1. The van der Waals surface area contributed by atoms with Gasteiger partial charge in [-0.05, 0) is 12.1 Å². The first-order chi connectivity index (χ1) is 9.36. The first kappa shape index (κ1) is 16.1. The van der Waals surface area contributed by atoms with Gasteiger partial charge in [0, 0.05) is 18.5 Å². The van der Waals surface area contributed by atoms with Gasteiger partial charge >= 0.3 is 5.97 Å². The number of nitrogens with one attached hydrogen (secondary N) is 1. The lowest BCUT2D eigenvalue weighted by molar-refractivity contribution is -0.136. The van der Waals surface area contributed by atoms with Gasteiger partial charge in [0.15, 0.2) is 5.78 Å².